The lowest BCUT2D eigenvalue weighted by Gasteiger charge is -2.10. The number of anilines is 1. The molecule has 19 heavy (non-hydrogen) atoms. The van der Waals surface area contributed by atoms with Crippen LogP contribution in [0.3, 0.4) is 0 Å². The highest BCUT2D eigenvalue weighted by atomic mass is 127. The van der Waals surface area contributed by atoms with Crippen LogP contribution in [0.1, 0.15) is 15.9 Å². The number of rotatable bonds is 3. The minimum Gasteiger partial charge on any atom is -0.392 e. The normalized spacial score (nSPS) is 10.3. The molecule has 2 aromatic rings. The van der Waals surface area contributed by atoms with E-state index in [4.69, 9.17) is 0 Å². The SMILES string of the molecule is O=C(Nc1ccccc1CO)c1ccc(F)cc1I. The molecule has 2 aromatic carbocycles. The number of amides is 1. The highest BCUT2D eigenvalue weighted by Crippen LogP contribution is 2.19. The molecule has 0 heterocycles. The summed E-state index contributed by atoms with van der Waals surface area (Å²) in [5, 5.41) is 11.9. The van der Waals surface area contributed by atoms with E-state index in [9.17, 15) is 14.3 Å². The first-order valence-electron chi connectivity index (χ1n) is 5.57. The quantitative estimate of drug-likeness (QED) is 0.815. The lowest BCUT2D eigenvalue weighted by atomic mass is 10.1. The lowest BCUT2D eigenvalue weighted by Crippen LogP contribution is -2.14. The van der Waals surface area contributed by atoms with Gasteiger partial charge in [0.1, 0.15) is 5.82 Å². The number of para-hydroxylation sites is 1. The number of aliphatic hydroxyl groups excluding tert-OH is 1. The van der Waals surface area contributed by atoms with Gasteiger partial charge < -0.3 is 10.4 Å². The van der Waals surface area contributed by atoms with Crippen LogP contribution in [-0.2, 0) is 6.61 Å². The summed E-state index contributed by atoms with van der Waals surface area (Å²) in [4.78, 5) is 12.1. The standard InChI is InChI=1S/C14H11FINO2/c15-10-5-6-11(12(16)7-10)14(19)17-13-4-2-1-3-9(13)8-18/h1-7,18H,8H2,(H,17,19). The number of benzene rings is 2. The van der Waals surface area contributed by atoms with Gasteiger partial charge in [0.15, 0.2) is 0 Å². The van der Waals surface area contributed by atoms with E-state index in [1.165, 1.54) is 18.2 Å². The fourth-order valence-electron chi connectivity index (χ4n) is 1.64. The summed E-state index contributed by atoms with van der Waals surface area (Å²) in [7, 11) is 0. The Morgan fingerprint density at radius 2 is 2.00 bits per heavy atom. The molecule has 0 aliphatic heterocycles. The number of carbonyl (C=O) groups excluding carboxylic acids is 1. The van der Waals surface area contributed by atoms with E-state index in [0.717, 1.165) is 0 Å². The van der Waals surface area contributed by atoms with Crippen LogP contribution in [0.25, 0.3) is 0 Å². The zero-order valence-corrected chi connectivity index (χ0v) is 12.0. The topological polar surface area (TPSA) is 49.3 Å². The molecule has 0 aromatic heterocycles. The molecule has 0 fully saturated rings. The Labute approximate surface area is 123 Å². The van der Waals surface area contributed by atoms with Crippen LogP contribution >= 0.6 is 22.6 Å². The van der Waals surface area contributed by atoms with Crippen LogP contribution in [0.5, 0.6) is 0 Å². The maximum Gasteiger partial charge on any atom is 0.256 e. The van der Waals surface area contributed by atoms with E-state index >= 15 is 0 Å². The van der Waals surface area contributed by atoms with Gasteiger partial charge in [-0.15, -0.1) is 0 Å². The average Bonchev–Trinajstić information content (AvgIpc) is 2.39. The molecule has 0 saturated carbocycles. The number of nitrogens with one attached hydrogen (secondary N) is 1. The smallest absolute Gasteiger partial charge is 0.256 e. The first-order chi connectivity index (χ1) is 9.11. The molecule has 0 atom stereocenters. The molecule has 5 heteroatoms. The van der Waals surface area contributed by atoms with Gasteiger partial charge in [0, 0.05) is 14.8 Å². The van der Waals surface area contributed by atoms with Crippen molar-refractivity contribution in [2.45, 2.75) is 6.61 Å². The minimum atomic E-state index is -0.378. The molecule has 0 aliphatic rings. The van der Waals surface area contributed by atoms with E-state index < -0.39 is 0 Å². The second kappa shape index (κ2) is 6.12. The second-order valence-electron chi connectivity index (χ2n) is 3.89. The number of hydrogen-bond acceptors (Lipinski definition) is 2. The summed E-state index contributed by atoms with van der Waals surface area (Å²) in [5.41, 5.74) is 1.58. The summed E-state index contributed by atoms with van der Waals surface area (Å²) in [5.74, 6) is -0.706. The molecule has 0 spiro atoms. The fourth-order valence-corrected chi connectivity index (χ4v) is 2.37. The first-order valence-corrected chi connectivity index (χ1v) is 6.65. The molecule has 1 amide bonds. The summed E-state index contributed by atoms with van der Waals surface area (Å²) < 4.78 is 13.5. The van der Waals surface area contributed by atoms with E-state index in [-0.39, 0.29) is 18.3 Å². The molecule has 0 bridgehead atoms. The third-order valence-corrected chi connectivity index (χ3v) is 3.50. The number of hydrogen-bond donors (Lipinski definition) is 2. The molecular weight excluding hydrogens is 360 g/mol. The Morgan fingerprint density at radius 1 is 1.26 bits per heavy atom. The number of carbonyl (C=O) groups is 1. The summed E-state index contributed by atoms with van der Waals surface area (Å²) in [6, 6.07) is 11.0. The van der Waals surface area contributed by atoms with Crippen LogP contribution in [-0.4, -0.2) is 11.0 Å². The molecule has 2 N–H and O–H groups in total. The van der Waals surface area contributed by atoms with Gasteiger partial charge in [-0.25, -0.2) is 4.39 Å². The Kier molecular flexibility index (Phi) is 4.49. The molecule has 2 rings (SSSR count). The monoisotopic (exact) mass is 371 g/mol. The van der Waals surface area contributed by atoms with Crippen molar-refractivity contribution in [3.8, 4) is 0 Å². The fraction of sp³-hybridized carbons (Fsp3) is 0.0714. The van der Waals surface area contributed by atoms with Crippen LogP contribution in [0.4, 0.5) is 10.1 Å². The van der Waals surface area contributed by atoms with Crippen molar-refractivity contribution in [2.24, 2.45) is 0 Å². The summed E-state index contributed by atoms with van der Waals surface area (Å²) in [6.07, 6.45) is 0. The number of halogens is 2. The van der Waals surface area contributed by atoms with Crippen LogP contribution in [0, 0.1) is 9.39 Å². The number of aliphatic hydroxyl groups is 1. The predicted octanol–water partition coefficient (Wildman–Crippen LogP) is 3.17. The van der Waals surface area contributed by atoms with Gasteiger partial charge in [0.25, 0.3) is 5.91 Å². The average molecular weight is 371 g/mol. The van der Waals surface area contributed by atoms with Gasteiger partial charge in [-0.1, -0.05) is 18.2 Å². The summed E-state index contributed by atoms with van der Waals surface area (Å²) >= 11 is 1.91. The van der Waals surface area contributed by atoms with Gasteiger partial charge in [-0.05, 0) is 46.9 Å². The zero-order valence-electron chi connectivity index (χ0n) is 9.86. The van der Waals surface area contributed by atoms with Crippen LogP contribution in [0.15, 0.2) is 42.5 Å². The van der Waals surface area contributed by atoms with Crippen molar-refractivity contribution in [3.05, 3.63) is 63.0 Å². The van der Waals surface area contributed by atoms with E-state index in [2.05, 4.69) is 5.32 Å². The Balaban J connectivity index is 2.26. The van der Waals surface area contributed by atoms with Gasteiger partial charge in [0.05, 0.1) is 12.2 Å². The lowest BCUT2D eigenvalue weighted by molar-refractivity contribution is 0.102. The van der Waals surface area contributed by atoms with Gasteiger partial charge in [-0.2, -0.15) is 0 Å². The first kappa shape index (κ1) is 14.0. The van der Waals surface area contributed by atoms with E-state index in [1.54, 1.807) is 24.3 Å². The highest BCUT2D eigenvalue weighted by Gasteiger charge is 2.12. The molecule has 0 aliphatic carbocycles. The van der Waals surface area contributed by atoms with E-state index in [1.807, 2.05) is 22.6 Å². The maximum absolute atomic E-state index is 13.0. The van der Waals surface area contributed by atoms with Crippen LogP contribution in [0.2, 0.25) is 0 Å². The maximum atomic E-state index is 13.0. The molecule has 3 nitrogen and oxygen atoms in total. The zero-order chi connectivity index (χ0) is 13.8. The molecular formula is C14H11FINO2. The Bertz CT molecular complexity index is 616. The van der Waals surface area contributed by atoms with Crippen molar-refractivity contribution in [1.82, 2.24) is 0 Å². The highest BCUT2D eigenvalue weighted by molar-refractivity contribution is 14.1. The molecule has 0 unspecified atom stereocenters. The second-order valence-corrected chi connectivity index (χ2v) is 5.06. The van der Waals surface area contributed by atoms with Crippen molar-refractivity contribution in [2.75, 3.05) is 5.32 Å². The molecule has 0 saturated heterocycles. The largest absolute Gasteiger partial charge is 0.392 e. The summed E-state index contributed by atoms with van der Waals surface area (Å²) in [6.45, 7) is -0.156. The van der Waals surface area contributed by atoms with Gasteiger partial charge >= 0.3 is 0 Å². The molecule has 0 radical (unpaired) electrons. The molecule has 98 valence electrons. The Morgan fingerprint density at radius 3 is 2.68 bits per heavy atom. The van der Waals surface area contributed by atoms with Crippen molar-refractivity contribution >= 4 is 34.2 Å². The van der Waals surface area contributed by atoms with Gasteiger partial charge in [0.2, 0.25) is 0 Å². The third kappa shape index (κ3) is 3.30. The Hall–Kier alpha value is -1.47. The van der Waals surface area contributed by atoms with Gasteiger partial charge in [-0.3, -0.25) is 4.79 Å². The van der Waals surface area contributed by atoms with Crippen molar-refractivity contribution in [3.63, 3.8) is 0 Å². The predicted molar refractivity (Wildman–Crippen MR) is 79.4 cm³/mol. The van der Waals surface area contributed by atoms with Crippen molar-refractivity contribution < 1.29 is 14.3 Å². The van der Waals surface area contributed by atoms with Crippen molar-refractivity contribution in [1.29, 1.82) is 0 Å². The van der Waals surface area contributed by atoms with E-state index in [0.29, 0.717) is 20.4 Å². The minimum absolute atomic E-state index is 0.156. The third-order valence-electron chi connectivity index (χ3n) is 2.61. The van der Waals surface area contributed by atoms with Crippen LogP contribution < -0.4 is 5.32 Å².